The number of amides is 2. The third-order valence-electron chi connectivity index (χ3n) is 3.22. The molecule has 0 radical (unpaired) electrons. The molecule has 0 bridgehead atoms. The average molecular weight is 451 g/mol. The minimum absolute atomic E-state index is 0.0421. The lowest BCUT2D eigenvalue weighted by atomic mass is 10.2. The maximum absolute atomic E-state index is 12.1. The normalized spacial score (nSPS) is 13.6. The molecule has 0 spiro atoms. The fourth-order valence-corrected chi connectivity index (χ4v) is 3.15. The minimum Gasteiger partial charge on any atom is -0.467 e. The molecule has 10 nitrogen and oxygen atoms in total. The Morgan fingerprint density at radius 2 is 1.50 bits per heavy atom. The van der Waals surface area contributed by atoms with Crippen molar-refractivity contribution in [2.75, 3.05) is 25.2 Å². The Morgan fingerprint density at radius 3 is 2.00 bits per heavy atom. The van der Waals surface area contributed by atoms with E-state index in [0.29, 0.717) is 0 Å². The van der Waals surface area contributed by atoms with Crippen LogP contribution in [0.15, 0.2) is 0 Å². The molecule has 0 saturated heterocycles. The van der Waals surface area contributed by atoms with E-state index < -0.39 is 52.0 Å². The lowest BCUT2D eigenvalue weighted by Gasteiger charge is -2.22. The molecule has 2 amide bonds. The number of nitrogens with one attached hydrogen (secondary N) is 2. The van der Waals surface area contributed by atoms with Crippen molar-refractivity contribution in [1.29, 1.82) is 0 Å². The Balaban J connectivity index is 4.39. The molecule has 0 aromatic heterocycles. The summed E-state index contributed by atoms with van der Waals surface area (Å²) in [5.74, 6) is -1.58. The smallest absolute Gasteiger partial charge is 0.408 e. The van der Waals surface area contributed by atoms with Crippen LogP contribution >= 0.6 is 0 Å². The molecule has 0 aliphatic heterocycles. The van der Waals surface area contributed by atoms with Crippen molar-refractivity contribution in [2.24, 2.45) is 0 Å². The zero-order valence-electron chi connectivity index (χ0n) is 18.8. The number of rotatable bonds is 10. The van der Waals surface area contributed by atoms with Gasteiger partial charge in [0.05, 0.1) is 7.11 Å². The van der Waals surface area contributed by atoms with Gasteiger partial charge in [0.15, 0.2) is 0 Å². The van der Waals surface area contributed by atoms with Crippen LogP contribution in [-0.2, 0) is 39.4 Å². The van der Waals surface area contributed by atoms with Gasteiger partial charge in [-0.15, -0.1) is 0 Å². The van der Waals surface area contributed by atoms with Crippen molar-refractivity contribution in [3.63, 3.8) is 0 Å². The first-order valence-corrected chi connectivity index (χ1v) is 11.0. The van der Waals surface area contributed by atoms with Gasteiger partial charge >= 0.3 is 18.0 Å². The maximum atomic E-state index is 12.1. The number of carbonyl (C=O) groups is 4. The Bertz CT molecular complexity index is 637. The predicted octanol–water partition coefficient (Wildman–Crippen LogP) is 1.04. The molecule has 0 saturated carbocycles. The average Bonchev–Trinajstić information content (AvgIpc) is 2.57. The summed E-state index contributed by atoms with van der Waals surface area (Å²) < 4.78 is 27.0. The van der Waals surface area contributed by atoms with E-state index in [0.717, 1.165) is 0 Å². The van der Waals surface area contributed by atoms with Crippen molar-refractivity contribution in [3.05, 3.63) is 0 Å². The quantitative estimate of drug-likeness (QED) is 0.372. The second-order valence-electron chi connectivity index (χ2n) is 8.47. The van der Waals surface area contributed by atoms with Gasteiger partial charge in [0.25, 0.3) is 0 Å². The molecular weight excluding hydrogens is 416 g/mol. The molecule has 30 heavy (non-hydrogen) atoms. The monoisotopic (exact) mass is 450 g/mol. The molecule has 0 aliphatic rings. The summed E-state index contributed by atoms with van der Waals surface area (Å²) in [6.07, 6.45) is -0.791. The van der Waals surface area contributed by atoms with E-state index in [9.17, 15) is 23.4 Å². The SMILES string of the molecule is COC(=O)[C@H](CCS(=O)CCC(=O)NCC(=O)OC(C)(C)C)NC(=O)OC(C)(C)C. The number of carbonyl (C=O) groups excluding carboxylic acids is 4. The highest BCUT2D eigenvalue weighted by molar-refractivity contribution is 7.84. The van der Waals surface area contributed by atoms with Crippen LogP contribution in [0.1, 0.15) is 54.4 Å². The Kier molecular flexibility index (Phi) is 11.6. The van der Waals surface area contributed by atoms with Crippen LogP contribution in [-0.4, -0.2) is 70.6 Å². The van der Waals surface area contributed by atoms with Crippen molar-refractivity contribution in [2.45, 2.75) is 71.6 Å². The van der Waals surface area contributed by atoms with Gasteiger partial charge in [0, 0.05) is 28.7 Å². The summed E-state index contributed by atoms with van der Waals surface area (Å²) in [6, 6.07) is -1.02. The minimum atomic E-state index is -1.42. The zero-order valence-corrected chi connectivity index (χ0v) is 19.6. The highest BCUT2D eigenvalue weighted by Crippen LogP contribution is 2.08. The van der Waals surface area contributed by atoms with Crippen molar-refractivity contribution in [3.8, 4) is 0 Å². The van der Waals surface area contributed by atoms with Gasteiger partial charge in [-0.3, -0.25) is 13.8 Å². The molecular formula is C19H34N2O8S. The highest BCUT2D eigenvalue weighted by atomic mass is 32.2. The van der Waals surface area contributed by atoms with E-state index in [1.165, 1.54) is 7.11 Å². The molecule has 11 heteroatoms. The summed E-state index contributed by atoms with van der Waals surface area (Å²) in [7, 11) is -0.242. The lowest BCUT2D eigenvalue weighted by molar-refractivity contribution is -0.154. The molecule has 0 heterocycles. The van der Waals surface area contributed by atoms with Gasteiger partial charge in [-0.25, -0.2) is 9.59 Å². The zero-order chi connectivity index (χ0) is 23.5. The van der Waals surface area contributed by atoms with Crippen LogP contribution in [0.2, 0.25) is 0 Å². The first-order valence-electron chi connectivity index (χ1n) is 9.54. The van der Waals surface area contributed by atoms with E-state index in [1.807, 2.05) is 0 Å². The third-order valence-corrected chi connectivity index (χ3v) is 4.57. The van der Waals surface area contributed by atoms with E-state index in [4.69, 9.17) is 9.47 Å². The molecule has 2 atom stereocenters. The van der Waals surface area contributed by atoms with Crippen LogP contribution in [0.5, 0.6) is 0 Å². The van der Waals surface area contributed by atoms with Gasteiger partial charge in [0.1, 0.15) is 23.8 Å². The van der Waals surface area contributed by atoms with Crippen LogP contribution in [0.3, 0.4) is 0 Å². The van der Waals surface area contributed by atoms with E-state index in [2.05, 4.69) is 15.4 Å². The van der Waals surface area contributed by atoms with Crippen molar-refractivity contribution >= 4 is 34.7 Å². The van der Waals surface area contributed by atoms with Crippen LogP contribution in [0.4, 0.5) is 4.79 Å². The number of ether oxygens (including phenoxy) is 3. The predicted molar refractivity (Wildman–Crippen MR) is 111 cm³/mol. The molecule has 0 rings (SSSR count). The summed E-state index contributed by atoms with van der Waals surface area (Å²) in [5.41, 5.74) is -1.38. The lowest BCUT2D eigenvalue weighted by Crippen LogP contribution is -2.44. The Morgan fingerprint density at radius 1 is 0.933 bits per heavy atom. The second-order valence-corrected chi connectivity index (χ2v) is 10.2. The van der Waals surface area contributed by atoms with Crippen LogP contribution in [0.25, 0.3) is 0 Å². The number of methoxy groups -OCH3 is 1. The van der Waals surface area contributed by atoms with E-state index >= 15 is 0 Å². The van der Waals surface area contributed by atoms with Gasteiger partial charge in [-0.2, -0.15) is 0 Å². The van der Waals surface area contributed by atoms with Gasteiger partial charge in [-0.1, -0.05) is 0 Å². The highest BCUT2D eigenvalue weighted by Gasteiger charge is 2.25. The standard InChI is InChI=1S/C19H34N2O8S/c1-18(2,3)28-15(23)12-20-14(22)9-11-30(26)10-8-13(16(24)27-7)21-17(25)29-19(4,5)6/h13H,8-12H2,1-7H3,(H,20,22)(H,21,25)/t13-,30?/m0/s1. The van der Waals surface area contributed by atoms with Crippen LogP contribution < -0.4 is 10.6 Å². The molecule has 0 aliphatic carbocycles. The van der Waals surface area contributed by atoms with Crippen LogP contribution in [0, 0.1) is 0 Å². The number of esters is 2. The van der Waals surface area contributed by atoms with Gasteiger partial charge in [-0.05, 0) is 48.0 Å². The molecule has 2 N–H and O–H groups in total. The largest absolute Gasteiger partial charge is 0.467 e. The van der Waals surface area contributed by atoms with Crippen molar-refractivity contribution < 1.29 is 37.6 Å². The Labute approximate surface area is 180 Å². The van der Waals surface area contributed by atoms with Gasteiger partial charge < -0.3 is 24.8 Å². The molecule has 0 aromatic rings. The van der Waals surface area contributed by atoms with E-state index in [1.54, 1.807) is 41.5 Å². The first-order chi connectivity index (χ1) is 13.6. The fourth-order valence-electron chi connectivity index (χ4n) is 2.04. The molecule has 174 valence electrons. The summed E-state index contributed by atoms with van der Waals surface area (Å²) >= 11 is 0. The number of hydrogen-bond acceptors (Lipinski definition) is 8. The topological polar surface area (TPSA) is 137 Å². The van der Waals surface area contributed by atoms with Crippen molar-refractivity contribution in [1.82, 2.24) is 10.6 Å². The molecule has 0 aromatic carbocycles. The third kappa shape index (κ3) is 14.8. The molecule has 0 fully saturated rings. The Hall–Kier alpha value is -2.17. The second kappa shape index (κ2) is 12.5. The number of hydrogen-bond donors (Lipinski definition) is 2. The van der Waals surface area contributed by atoms with Gasteiger partial charge in [0.2, 0.25) is 5.91 Å². The number of alkyl carbamates (subject to hydrolysis) is 1. The summed E-state index contributed by atoms with van der Waals surface area (Å²) in [5, 5.41) is 4.80. The summed E-state index contributed by atoms with van der Waals surface area (Å²) in [6.45, 7) is 9.93. The maximum Gasteiger partial charge on any atom is 0.408 e. The first kappa shape index (κ1) is 27.8. The molecule has 1 unspecified atom stereocenters. The van der Waals surface area contributed by atoms with E-state index in [-0.39, 0.29) is 30.9 Å². The summed E-state index contributed by atoms with van der Waals surface area (Å²) in [4.78, 5) is 47.0. The fraction of sp³-hybridized carbons (Fsp3) is 0.789.